The van der Waals surface area contributed by atoms with Crippen LogP contribution in [0.2, 0.25) is 0 Å². The van der Waals surface area contributed by atoms with Gasteiger partial charge in [0.05, 0.1) is 7.11 Å². The van der Waals surface area contributed by atoms with Gasteiger partial charge in [0.1, 0.15) is 24.2 Å². The SMILES string of the molecule is COc1ccc(OCC(O)CN2CCCC2)c(C(C)(C)C)c1. The Balaban J connectivity index is 1.99. The Hall–Kier alpha value is -1.26. The molecule has 2 rings (SSSR count). The first-order chi connectivity index (χ1) is 10.4. The largest absolute Gasteiger partial charge is 0.497 e. The second-order valence-corrected chi connectivity index (χ2v) is 7.08. The summed E-state index contributed by atoms with van der Waals surface area (Å²) in [6.45, 7) is 9.65. The molecular weight excluding hydrogens is 278 g/mol. The van der Waals surface area contributed by atoms with Crippen LogP contribution in [0.15, 0.2) is 18.2 Å². The van der Waals surface area contributed by atoms with Gasteiger partial charge in [0, 0.05) is 12.1 Å². The Labute approximate surface area is 134 Å². The molecule has 1 saturated heterocycles. The Bertz CT molecular complexity index is 476. The van der Waals surface area contributed by atoms with Crippen LogP contribution < -0.4 is 9.47 Å². The molecule has 1 heterocycles. The maximum atomic E-state index is 10.2. The number of aliphatic hydroxyl groups excluding tert-OH is 1. The van der Waals surface area contributed by atoms with Crippen molar-refractivity contribution in [1.29, 1.82) is 0 Å². The molecule has 0 radical (unpaired) electrons. The Morgan fingerprint density at radius 1 is 1.23 bits per heavy atom. The minimum Gasteiger partial charge on any atom is -0.497 e. The fraction of sp³-hybridized carbons (Fsp3) is 0.667. The average molecular weight is 307 g/mol. The third-order valence-corrected chi connectivity index (χ3v) is 4.09. The molecule has 0 aromatic heterocycles. The lowest BCUT2D eigenvalue weighted by molar-refractivity contribution is 0.0750. The molecule has 4 nitrogen and oxygen atoms in total. The summed E-state index contributed by atoms with van der Waals surface area (Å²) < 4.78 is 11.2. The highest BCUT2D eigenvalue weighted by Gasteiger charge is 2.21. The summed E-state index contributed by atoms with van der Waals surface area (Å²) in [5, 5.41) is 10.2. The van der Waals surface area contributed by atoms with Crippen LogP contribution in [0.3, 0.4) is 0 Å². The Kier molecular flexibility index (Phi) is 5.70. The van der Waals surface area contributed by atoms with Gasteiger partial charge in [0.2, 0.25) is 0 Å². The summed E-state index contributed by atoms with van der Waals surface area (Å²) in [4.78, 5) is 2.30. The van der Waals surface area contributed by atoms with Gasteiger partial charge in [-0.15, -0.1) is 0 Å². The molecule has 1 N–H and O–H groups in total. The van der Waals surface area contributed by atoms with Crippen LogP contribution in [0.5, 0.6) is 11.5 Å². The van der Waals surface area contributed by atoms with E-state index in [0.717, 1.165) is 30.2 Å². The van der Waals surface area contributed by atoms with Crippen LogP contribution in [0.4, 0.5) is 0 Å². The van der Waals surface area contributed by atoms with Crippen LogP contribution in [0.25, 0.3) is 0 Å². The van der Waals surface area contributed by atoms with Crippen molar-refractivity contribution in [3.63, 3.8) is 0 Å². The third-order valence-electron chi connectivity index (χ3n) is 4.09. The first-order valence-corrected chi connectivity index (χ1v) is 8.12. The zero-order valence-electron chi connectivity index (χ0n) is 14.3. The van der Waals surface area contributed by atoms with Crippen molar-refractivity contribution in [1.82, 2.24) is 4.90 Å². The number of hydrogen-bond acceptors (Lipinski definition) is 4. The van der Waals surface area contributed by atoms with Crippen molar-refractivity contribution < 1.29 is 14.6 Å². The van der Waals surface area contributed by atoms with Crippen molar-refractivity contribution in [2.75, 3.05) is 33.4 Å². The van der Waals surface area contributed by atoms with Crippen molar-refractivity contribution in [3.8, 4) is 11.5 Å². The highest BCUT2D eigenvalue weighted by molar-refractivity contribution is 5.44. The van der Waals surface area contributed by atoms with Gasteiger partial charge in [0.25, 0.3) is 0 Å². The fourth-order valence-corrected chi connectivity index (χ4v) is 2.85. The second-order valence-electron chi connectivity index (χ2n) is 7.08. The van der Waals surface area contributed by atoms with Gasteiger partial charge < -0.3 is 19.5 Å². The number of nitrogens with zero attached hydrogens (tertiary/aromatic N) is 1. The summed E-state index contributed by atoms with van der Waals surface area (Å²) in [6, 6.07) is 5.85. The molecule has 0 amide bonds. The molecule has 1 fully saturated rings. The van der Waals surface area contributed by atoms with E-state index in [-0.39, 0.29) is 5.41 Å². The maximum Gasteiger partial charge on any atom is 0.123 e. The van der Waals surface area contributed by atoms with Gasteiger partial charge in [-0.05, 0) is 49.5 Å². The molecule has 0 saturated carbocycles. The number of rotatable bonds is 6. The van der Waals surface area contributed by atoms with Crippen molar-refractivity contribution in [3.05, 3.63) is 23.8 Å². The quantitative estimate of drug-likeness (QED) is 0.877. The molecular formula is C18H29NO3. The molecule has 0 bridgehead atoms. The lowest BCUT2D eigenvalue weighted by atomic mass is 9.86. The van der Waals surface area contributed by atoms with Crippen molar-refractivity contribution >= 4 is 0 Å². The monoisotopic (exact) mass is 307 g/mol. The van der Waals surface area contributed by atoms with Gasteiger partial charge in [-0.1, -0.05) is 20.8 Å². The Morgan fingerprint density at radius 2 is 1.91 bits per heavy atom. The maximum absolute atomic E-state index is 10.2. The van der Waals surface area contributed by atoms with Gasteiger partial charge >= 0.3 is 0 Å². The van der Waals surface area contributed by atoms with E-state index < -0.39 is 6.10 Å². The number of likely N-dealkylation sites (tertiary alicyclic amines) is 1. The minimum atomic E-state index is -0.451. The van der Waals surface area contributed by atoms with Gasteiger partial charge in [-0.25, -0.2) is 0 Å². The molecule has 1 aliphatic rings. The summed E-state index contributed by atoms with van der Waals surface area (Å²) in [7, 11) is 1.67. The normalized spacial score (nSPS) is 17.5. The smallest absolute Gasteiger partial charge is 0.123 e. The zero-order chi connectivity index (χ0) is 16.2. The van der Waals surface area contributed by atoms with E-state index in [2.05, 4.69) is 25.7 Å². The standard InChI is InChI=1S/C18H29NO3/c1-18(2,3)16-11-15(21-4)7-8-17(16)22-13-14(20)12-19-9-5-6-10-19/h7-8,11,14,20H,5-6,9-10,12-13H2,1-4H3. The molecule has 0 spiro atoms. The molecule has 1 aromatic carbocycles. The van der Waals surface area contributed by atoms with Crippen molar-refractivity contribution in [2.45, 2.75) is 45.1 Å². The minimum absolute atomic E-state index is 0.0379. The molecule has 22 heavy (non-hydrogen) atoms. The topological polar surface area (TPSA) is 41.9 Å². The predicted molar refractivity (Wildman–Crippen MR) is 88.9 cm³/mol. The van der Waals surface area contributed by atoms with E-state index in [0.29, 0.717) is 13.2 Å². The summed E-state index contributed by atoms with van der Waals surface area (Å²) in [5.74, 6) is 1.66. The summed E-state index contributed by atoms with van der Waals surface area (Å²) in [6.07, 6.45) is 2.02. The first kappa shape index (κ1) is 17.1. The van der Waals surface area contributed by atoms with Gasteiger partial charge in [0.15, 0.2) is 0 Å². The summed E-state index contributed by atoms with van der Waals surface area (Å²) in [5.41, 5.74) is 1.06. The van der Waals surface area contributed by atoms with E-state index in [9.17, 15) is 5.11 Å². The molecule has 1 aromatic rings. The second kappa shape index (κ2) is 7.34. The first-order valence-electron chi connectivity index (χ1n) is 8.12. The van der Waals surface area contributed by atoms with Crippen LogP contribution in [0.1, 0.15) is 39.2 Å². The average Bonchev–Trinajstić information content (AvgIpc) is 2.96. The summed E-state index contributed by atoms with van der Waals surface area (Å²) >= 11 is 0. The Morgan fingerprint density at radius 3 is 2.50 bits per heavy atom. The van der Waals surface area contributed by atoms with Crippen molar-refractivity contribution in [2.24, 2.45) is 0 Å². The number of aliphatic hydroxyl groups is 1. The highest BCUT2D eigenvalue weighted by Crippen LogP contribution is 2.34. The van der Waals surface area contributed by atoms with E-state index in [4.69, 9.17) is 9.47 Å². The molecule has 1 unspecified atom stereocenters. The number of hydrogen-bond donors (Lipinski definition) is 1. The van der Waals surface area contributed by atoms with E-state index in [1.807, 2.05) is 18.2 Å². The van der Waals surface area contributed by atoms with Crippen LogP contribution in [-0.4, -0.2) is 49.5 Å². The number of methoxy groups -OCH3 is 1. The van der Waals surface area contributed by atoms with Crippen LogP contribution in [-0.2, 0) is 5.41 Å². The van der Waals surface area contributed by atoms with Gasteiger partial charge in [-0.2, -0.15) is 0 Å². The van der Waals surface area contributed by atoms with E-state index in [1.165, 1.54) is 12.8 Å². The number of benzene rings is 1. The lowest BCUT2D eigenvalue weighted by Gasteiger charge is -2.25. The zero-order valence-corrected chi connectivity index (χ0v) is 14.3. The predicted octanol–water partition coefficient (Wildman–Crippen LogP) is 2.83. The molecule has 4 heteroatoms. The number of β-amino-alcohol motifs (C(OH)–C–C–N with tert-alkyl or cyclic N) is 1. The van der Waals surface area contributed by atoms with Gasteiger partial charge in [-0.3, -0.25) is 0 Å². The fourth-order valence-electron chi connectivity index (χ4n) is 2.85. The van der Waals surface area contributed by atoms with Crippen LogP contribution >= 0.6 is 0 Å². The lowest BCUT2D eigenvalue weighted by Crippen LogP contribution is -2.34. The van der Waals surface area contributed by atoms with Crippen LogP contribution in [0, 0.1) is 0 Å². The molecule has 0 aliphatic carbocycles. The van der Waals surface area contributed by atoms with E-state index >= 15 is 0 Å². The molecule has 124 valence electrons. The third kappa shape index (κ3) is 4.62. The molecule has 1 aliphatic heterocycles. The molecule has 1 atom stereocenters. The number of ether oxygens (including phenoxy) is 2. The van der Waals surface area contributed by atoms with E-state index in [1.54, 1.807) is 7.11 Å². The highest BCUT2D eigenvalue weighted by atomic mass is 16.5.